The molecule has 0 aliphatic rings. The lowest BCUT2D eigenvalue weighted by Crippen LogP contribution is -2.31. The fourth-order valence-electron chi connectivity index (χ4n) is 1.22. The summed E-state index contributed by atoms with van der Waals surface area (Å²) in [6.07, 6.45) is 4.96. The summed E-state index contributed by atoms with van der Waals surface area (Å²) in [5.74, 6) is 0.224. The number of carbonyl (C=O) groups excluding carboxylic acids is 1. The minimum atomic E-state index is 0.224. The van der Waals surface area contributed by atoms with Crippen LogP contribution in [0.2, 0.25) is 0 Å². The van der Waals surface area contributed by atoms with Gasteiger partial charge >= 0.3 is 0 Å². The van der Waals surface area contributed by atoms with E-state index < -0.39 is 0 Å². The number of ketones is 1. The van der Waals surface area contributed by atoms with Crippen molar-refractivity contribution in [1.82, 2.24) is 10.3 Å². The summed E-state index contributed by atoms with van der Waals surface area (Å²) in [6, 6.07) is 4.16. The van der Waals surface area contributed by atoms with E-state index in [0.717, 1.165) is 12.0 Å². The van der Waals surface area contributed by atoms with Crippen molar-refractivity contribution in [1.29, 1.82) is 0 Å². The molecule has 0 aliphatic carbocycles. The number of nitrogens with zero attached hydrogens (tertiary/aromatic N) is 1. The summed E-state index contributed by atoms with van der Waals surface area (Å²) in [5, 5.41) is 3.19. The van der Waals surface area contributed by atoms with Crippen LogP contribution in [0, 0.1) is 0 Å². The first-order valence-corrected chi connectivity index (χ1v) is 5.36. The topological polar surface area (TPSA) is 42.0 Å². The maximum atomic E-state index is 11.5. The van der Waals surface area contributed by atoms with Gasteiger partial charge in [0.15, 0.2) is 5.78 Å². The van der Waals surface area contributed by atoms with Gasteiger partial charge in [-0.1, -0.05) is 6.92 Å². The van der Waals surface area contributed by atoms with E-state index in [0.29, 0.717) is 19.0 Å². The fraction of sp³-hybridized carbons (Fsp3) is 0.500. The summed E-state index contributed by atoms with van der Waals surface area (Å²) in [6.45, 7) is 4.64. The second kappa shape index (κ2) is 6.30. The maximum Gasteiger partial charge on any atom is 0.150 e. The first-order chi connectivity index (χ1) is 7.22. The van der Waals surface area contributed by atoms with Crippen molar-refractivity contribution in [3.63, 3.8) is 0 Å². The van der Waals surface area contributed by atoms with E-state index in [-0.39, 0.29) is 5.78 Å². The van der Waals surface area contributed by atoms with Gasteiger partial charge in [-0.25, -0.2) is 0 Å². The molecule has 0 aliphatic heterocycles. The first kappa shape index (κ1) is 11.9. The maximum absolute atomic E-state index is 11.5. The van der Waals surface area contributed by atoms with Crippen molar-refractivity contribution in [2.45, 2.75) is 32.7 Å². The molecule has 3 nitrogen and oxygen atoms in total. The van der Waals surface area contributed by atoms with Crippen molar-refractivity contribution in [2.75, 3.05) is 6.54 Å². The summed E-state index contributed by atoms with van der Waals surface area (Å²) in [4.78, 5) is 15.5. The third kappa shape index (κ3) is 4.70. The number of Topliss-reactive ketones (excluding diaryl/α,β-unsaturated/α-hetero) is 1. The molecule has 0 radical (unpaired) electrons. The van der Waals surface area contributed by atoms with Gasteiger partial charge in [0.1, 0.15) is 0 Å². The number of hydrogen-bond acceptors (Lipinski definition) is 3. The summed E-state index contributed by atoms with van der Waals surface area (Å²) in [5.41, 5.74) is 1.03. The molecule has 1 atom stereocenters. The lowest BCUT2D eigenvalue weighted by atomic mass is 10.1. The van der Waals surface area contributed by atoms with Crippen LogP contribution < -0.4 is 5.32 Å². The molecule has 0 saturated heterocycles. The van der Waals surface area contributed by atoms with Gasteiger partial charge in [0.2, 0.25) is 0 Å². The van der Waals surface area contributed by atoms with E-state index in [1.807, 2.05) is 12.1 Å². The van der Waals surface area contributed by atoms with Crippen LogP contribution in [0.15, 0.2) is 24.5 Å². The molecule has 82 valence electrons. The summed E-state index contributed by atoms with van der Waals surface area (Å²) < 4.78 is 0. The quantitative estimate of drug-likeness (QED) is 0.768. The minimum absolute atomic E-state index is 0.224. The Morgan fingerprint density at radius 2 is 2.13 bits per heavy atom. The highest BCUT2D eigenvalue weighted by atomic mass is 16.1. The Labute approximate surface area is 90.9 Å². The van der Waals surface area contributed by atoms with Gasteiger partial charge in [0, 0.05) is 24.9 Å². The molecule has 1 heterocycles. The van der Waals surface area contributed by atoms with E-state index >= 15 is 0 Å². The molecule has 15 heavy (non-hydrogen) atoms. The molecule has 1 aromatic heterocycles. The smallest absolute Gasteiger partial charge is 0.150 e. The van der Waals surface area contributed by atoms with Crippen LogP contribution in [-0.4, -0.2) is 23.4 Å². The van der Waals surface area contributed by atoms with Crippen molar-refractivity contribution >= 4 is 5.78 Å². The molecule has 0 spiro atoms. The van der Waals surface area contributed by atoms with E-state index in [4.69, 9.17) is 0 Å². The van der Waals surface area contributed by atoms with Gasteiger partial charge in [-0.15, -0.1) is 0 Å². The second-order valence-corrected chi connectivity index (χ2v) is 3.76. The molecule has 1 rings (SSSR count). The van der Waals surface area contributed by atoms with Crippen molar-refractivity contribution < 1.29 is 4.79 Å². The number of rotatable bonds is 6. The van der Waals surface area contributed by atoms with Crippen molar-refractivity contribution in [3.05, 3.63) is 30.1 Å². The van der Waals surface area contributed by atoms with Crippen LogP contribution in [0.4, 0.5) is 0 Å². The molecule has 0 fully saturated rings. The Balaban J connectivity index is 2.31. The van der Waals surface area contributed by atoms with Gasteiger partial charge < -0.3 is 5.32 Å². The minimum Gasteiger partial charge on any atom is -0.307 e. The third-order valence-electron chi connectivity index (χ3n) is 2.41. The van der Waals surface area contributed by atoms with Crippen LogP contribution in [0.5, 0.6) is 0 Å². The number of hydrogen-bond donors (Lipinski definition) is 1. The highest BCUT2D eigenvalue weighted by Crippen LogP contribution is 1.98. The van der Waals surface area contributed by atoms with Crippen LogP contribution in [-0.2, 0) is 11.2 Å². The van der Waals surface area contributed by atoms with Crippen molar-refractivity contribution in [2.24, 2.45) is 0 Å². The summed E-state index contributed by atoms with van der Waals surface area (Å²) in [7, 11) is 0. The second-order valence-electron chi connectivity index (χ2n) is 3.76. The molecule has 1 unspecified atom stereocenters. The monoisotopic (exact) mass is 206 g/mol. The molecular formula is C12H18N2O. The van der Waals surface area contributed by atoms with Crippen LogP contribution >= 0.6 is 0 Å². The SMILES string of the molecule is CCC(C)NCC(=O)Cc1ccncc1. The predicted molar refractivity (Wildman–Crippen MR) is 60.7 cm³/mol. The van der Waals surface area contributed by atoms with E-state index in [2.05, 4.69) is 24.1 Å². The zero-order valence-corrected chi connectivity index (χ0v) is 9.36. The largest absolute Gasteiger partial charge is 0.307 e. The van der Waals surface area contributed by atoms with Gasteiger partial charge in [-0.05, 0) is 31.0 Å². The molecule has 0 bridgehead atoms. The van der Waals surface area contributed by atoms with Gasteiger partial charge in [0.05, 0.1) is 6.54 Å². The number of carbonyl (C=O) groups is 1. The van der Waals surface area contributed by atoms with Gasteiger partial charge in [-0.3, -0.25) is 9.78 Å². The Morgan fingerprint density at radius 1 is 1.47 bits per heavy atom. The van der Waals surface area contributed by atoms with Crippen LogP contribution in [0.3, 0.4) is 0 Å². The van der Waals surface area contributed by atoms with Gasteiger partial charge in [-0.2, -0.15) is 0 Å². The molecule has 0 amide bonds. The molecule has 1 aromatic rings. The zero-order valence-electron chi connectivity index (χ0n) is 9.36. The van der Waals surface area contributed by atoms with Crippen LogP contribution in [0.25, 0.3) is 0 Å². The average molecular weight is 206 g/mol. The normalized spacial score (nSPS) is 12.4. The highest BCUT2D eigenvalue weighted by molar-refractivity contribution is 5.82. The molecule has 1 N–H and O–H groups in total. The fourth-order valence-corrected chi connectivity index (χ4v) is 1.22. The number of pyridine rings is 1. The Morgan fingerprint density at radius 3 is 2.73 bits per heavy atom. The van der Waals surface area contributed by atoms with E-state index in [1.54, 1.807) is 12.4 Å². The third-order valence-corrected chi connectivity index (χ3v) is 2.41. The molecule has 3 heteroatoms. The Bertz CT molecular complexity index is 298. The number of aromatic nitrogens is 1. The molecule has 0 saturated carbocycles. The number of nitrogens with one attached hydrogen (secondary N) is 1. The zero-order chi connectivity index (χ0) is 11.1. The Hall–Kier alpha value is -1.22. The summed E-state index contributed by atoms with van der Waals surface area (Å²) >= 11 is 0. The predicted octanol–water partition coefficient (Wildman–Crippen LogP) is 1.58. The standard InChI is InChI=1S/C12H18N2O/c1-3-10(2)14-9-12(15)8-11-4-6-13-7-5-11/h4-7,10,14H,3,8-9H2,1-2H3. The Kier molecular flexibility index (Phi) is 4.98. The first-order valence-electron chi connectivity index (χ1n) is 5.36. The van der Waals surface area contributed by atoms with E-state index in [9.17, 15) is 4.79 Å². The lowest BCUT2D eigenvalue weighted by Gasteiger charge is -2.09. The average Bonchev–Trinajstić information content (AvgIpc) is 2.27. The lowest BCUT2D eigenvalue weighted by molar-refractivity contribution is -0.117. The van der Waals surface area contributed by atoms with Crippen LogP contribution in [0.1, 0.15) is 25.8 Å². The van der Waals surface area contributed by atoms with Crippen molar-refractivity contribution in [3.8, 4) is 0 Å². The molecular weight excluding hydrogens is 188 g/mol. The van der Waals surface area contributed by atoms with Gasteiger partial charge in [0.25, 0.3) is 0 Å². The highest BCUT2D eigenvalue weighted by Gasteiger charge is 2.04. The molecule has 0 aromatic carbocycles. The van der Waals surface area contributed by atoms with E-state index in [1.165, 1.54) is 0 Å².